The van der Waals surface area contributed by atoms with E-state index in [1.54, 1.807) is 0 Å². The Hall–Kier alpha value is 2.68. The Morgan fingerprint density at radius 3 is 1.50 bits per heavy atom. The van der Waals surface area contributed by atoms with Crippen molar-refractivity contribution < 1.29 is 0 Å². The molecule has 5 heteroatoms. The minimum absolute atomic E-state index is 0.612. The standard InChI is InChI=1S/CH3BI3P/c1-2-6(3,4)5/h1H3. The third-order valence-corrected chi connectivity index (χ3v) is 5.89. The molecule has 0 fully saturated rings. The van der Waals surface area contributed by atoms with Gasteiger partial charge in [-0.3, -0.25) is 0 Å². The molecular weight excluding hydrogens is 435 g/mol. The van der Waals surface area contributed by atoms with Gasteiger partial charge in [-0.05, 0) is 0 Å². The Labute approximate surface area is 77.8 Å². The molecule has 0 atom stereocenters. The van der Waals surface area contributed by atoms with E-state index < -0.39 is -0.319 Å². The van der Waals surface area contributed by atoms with Crippen LogP contribution >= 0.6 is 65.8 Å². The van der Waals surface area contributed by atoms with Crippen LogP contribution in [0.3, 0.4) is 0 Å². The van der Waals surface area contributed by atoms with Crippen molar-refractivity contribution in [1.29, 1.82) is 0 Å². The van der Waals surface area contributed by atoms with Crippen molar-refractivity contribution in [2.45, 2.75) is 6.82 Å². The molecule has 0 N–H and O–H groups in total. The van der Waals surface area contributed by atoms with E-state index in [0.29, 0.717) is 0 Å². The summed E-state index contributed by atoms with van der Waals surface area (Å²) in [6, 6.07) is 0. The monoisotopic (exact) mass is 438 g/mol. The normalized spacial score (nSPS) is 10.7. The van der Waals surface area contributed by atoms with Crippen LogP contribution in [0.25, 0.3) is 0 Å². The summed E-state index contributed by atoms with van der Waals surface area (Å²) in [7, 11) is 0. The Morgan fingerprint density at radius 1 is 1.33 bits per heavy atom. The summed E-state index contributed by atoms with van der Waals surface area (Å²) < 4.78 is -0.612. The van der Waals surface area contributed by atoms with Gasteiger partial charge in [0.15, 0.2) is 0 Å². The number of halogens is 3. The molecule has 0 aliphatic carbocycles. The first kappa shape index (κ1) is 8.68. The Bertz CT molecular complexity index is 74.5. The Morgan fingerprint density at radius 2 is 1.50 bits per heavy atom. The van der Waals surface area contributed by atoms with E-state index >= 15 is 0 Å². The molecule has 0 nitrogen and oxygen atoms in total. The van der Waals surface area contributed by atoms with Crippen molar-refractivity contribution in [3.8, 4) is 0 Å². The molecule has 0 amide bonds. The second kappa shape index (κ2) is 3.66. The van der Waals surface area contributed by atoms with Crippen LogP contribution in [0.1, 0.15) is 0 Å². The minimum atomic E-state index is -0.612. The molecule has 0 saturated heterocycles. The van der Waals surface area contributed by atoms with E-state index in [0.717, 1.165) is 0 Å². The first-order valence-corrected chi connectivity index (χ1v) is 11.6. The quantitative estimate of drug-likeness (QED) is 0.308. The molecule has 0 heterocycles. The molecule has 0 spiro atoms. The van der Waals surface area contributed by atoms with Gasteiger partial charge in [-0.2, -0.15) is 0 Å². The molecule has 0 aliphatic rings. The van der Waals surface area contributed by atoms with Crippen LogP contribution in [0, 0.1) is 0 Å². The topological polar surface area (TPSA) is 0 Å². The zero-order valence-corrected chi connectivity index (χ0v) is 10.5. The van der Waals surface area contributed by atoms with E-state index in [1.807, 2.05) is 0 Å². The fraction of sp³-hybridized carbons (Fsp3) is 1.00. The zero-order chi connectivity index (χ0) is 5.21. The molecular formula is CH3BI3P. The molecule has 0 aromatic heterocycles. The van der Waals surface area contributed by atoms with Gasteiger partial charge in [-0.1, -0.05) is 0 Å². The maximum absolute atomic E-state index is 2.47. The predicted molar refractivity (Wildman–Crippen MR) is 60.6 cm³/mol. The molecule has 36 valence electrons. The number of hydrogen-bond donors (Lipinski definition) is 0. The fourth-order valence-electron chi connectivity index (χ4n) is 0. The van der Waals surface area contributed by atoms with Gasteiger partial charge in [0.1, 0.15) is 0 Å². The van der Waals surface area contributed by atoms with E-state index in [1.165, 1.54) is 0 Å². The van der Waals surface area contributed by atoms with Crippen LogP contribution in [0.2, 0.25) is 6.82 Å². The first-order valence-electron chi connectivity index (χ1n) is 1.34. The van der Waals surface area contributed by atoms with Crippen molar-refractivity contribution in [1.82, 2.24) is 0 Å². The molecule has 0 bridgehead atoms. The second-order valence-electron chi connectivity index (χ2n) is 0.743. The predicted octanol–water partition coefficient (Wildman–Crippen LogP) is 3.72. The Kier molecular flexibility index (Phi) is 5.30. The molecule has 0 aromatic rings. The average molecular weight is 438 g/mol. The van der Waals surface area contributed by atoms with E-state index in [9.17, 15) is 0 Å². The van der Waals surface area contributed by atoms with Crippen LogP contribution in [0.15, 0.2) is 0 Å². The molecule has 0 aliphatic heterocycles. The van der Waals surface area contributed by atoms with Crippen molar-refractivity contribution >= 4 is 72.4 Å². The summed E-state index contributed by atoms with van der Waals surface area (Å²) in [6.07, 6.45) is 0. The van der Waals surface area contributed by atoms with Gasteiger partial charge < -0.3 is 0 Å². The second-order valence-corrected chi connectivity index (χ2v) is 32.5. The SMILES string of the molecule is CB=P(I)(I)I. The fourth-order valence-corrected chi connectivity index (χ4v) is 0. The molecule has 0 radical (unpaired) electrons. The third-order valence-electron chi connectivity index (χ3n) is 0.293. The van der Waals surface area contributed by atoms with Gasteiger partial charge >= 0.3 is 79.2 Å². The molecule has 0 aromatic carbocycles. The van der Waals surface area contributed by atoms with Gasteiger partial charge in [0.05, 0.1) is 0 Å². The summed E-state index contributed by atoms with van der Waals surface area (Å²) in [4.78, 5) is 0. The van der Waals surface area contributed by atoms with Gasteiger partial charge in [-0.15, -0.1) is 0 Å². The molecule has 0 rings (SSSR count). The maximum atomic E-state index is 2.47. The average Bonchev–Trinajstić information content (AvgIpc) is 1.35. The summed E-state index contributed by atoms with van der Waals surface area (Å²) in [5.41, 5.74) is 0. The summed E-state index contributed by atoms with van der Waals surface area (Å²) in [6.45, 7) is 4.37. The van der Waals surface area contributed by atoms with E-state index in [4.69, 9.17) is 0 Å². The first-order chi connectivity index (χ1) is 2.56. The van der Waals surface area contributed by atoms with Crippen LogP contribution < -0.4 is 0 Å². The summed E-state index contributed by atoms with van der Waals surface area (Å²) >= 11 is 7.41. The van der Waals surface area contributed by atoms with Crippen molar-refractivity contribution in [3.63, 3.8) is 0 Å². The van der Waals surface area contributed by atoms with Crippen LogP contribution in [-0.4, -0.2) is 6.62 Å². The molecule has 6 heavy (non-hydrogen) atoms. The molecule has 0 saturated carbocycles. The summed E-state index contributed by atoms with van der Waals surface area (Å²) in [5.74, 6) is 0. The summed E-state index contributed by atoms with van der Waals surface area (Å²) in [5, 5.41) is 0. The van der Waals surface area contributed by atoms with E-state index in [-0.39, 0.29) is 0 Å². The van der Waals surface area contributed by atoms with Gasteiger partial charge in [0.2, 0.25) is 0 Å². The zero-order valence-electron chi connectivity index (χ0n) is 3.16. The van der Waals surface area contributed by atoms with Crippen LogP contribution in [-0.2, 0) is 0 Å². The van der Waals surface area contributed by atoms with Crippen molar-refractivity contribution in [2.24, 2.45) is 0 Å². The number of rotatable bonds is 0. The van der Waals surface area contributed by atoms with Crippen molar-refractivity contribution in [2.75, 3.05) is 0 Å². The van der Waals surface area contributed by atoms with Gasteiger partial charge in [0, 0.05) is 0 Å². The van der Waals surface area contributed by atoms with Crippen LogP contribution in [0.4, 0.5) is 0 Å². The van der Waals surface area contributed by atoms with E-state index in [2.05, 4.69) is 79.6 Å². The van der Waals surface area contributed by atoms with Gasteiger partial charge in [0.25, 0.3) is 0 Å². The van der Waals surface area contributed by atoms with Gasteiger partial charge in [-0.25, -0.2) is 0 Å². The van der Waals surface area contributed by atoms with Crippen molar-refractivity contribution in [3.05, 3.63) is 0 Å². The number of hydrogen-bond acceptors (Lipinski definition) is 0. The Balaban J connectivity index is 3.79. The van der Waals surface area contributed by atoms with Crippen LogP contribution in [0.5, 0.6) is 0 Å². The molecule has 0 unspecified atom stereocenters. The third kappa shape index (κ3) is 6.68.